The average molecular weight is 325 g/mol. The average Bonchev–Trinajstić information content (AvgIpc) is 2.42. The molecule has 0 unspecified atom stereocenters. The third-order valence-corrected chi connectivity index (χ3v) is 5.94. The van der Waals surface area contributed by atoms with Gasteiger partial charge in [0.1, 0.15) is 0 Å². The second-order valence-corrected chi connectivity index (χ2v) is 7.22. The minimum Gasteiger partial charge on any atom is -0.142 e. The highest BCUT2D eigenvalue weighted by atomic mass is 32.2. The van der Waals surface area contributed by atoms with Crippen molar-refractivity contribution < 1.29 is 0 Å². The summed E-state index contributed by atoms with van der Waals surface area (Å²) >= 11 is 12.7. The predicted octanol–water partition coefficient (Wildman–Crippen LogP) is 5.54. The van der Waals surface area contributed by atoms with Crippen LogP contribution in [0.2, 0.25) is 0 Å². The van der Waals surface area contributed by atoms with Gasteiger partial charge in [0.25, 0.3) is 0 Å². The van der Waals surface area contributed by atoms with Crippen molar-refractivity contribution in [1.82, 2.24) is 0 Å². The molecule has 0 atom stereocenters. The smallest absolute Gasteiger partial charge is 0.0205 e. The van der Waals surface area contributed by atoms with Crippen molar-refractivity contribution in [1.29, 1.82) is 0 Å². The fourth-order valence-corrected chi connectivity index (χ4v) is 4.27. The van der Waals surface area contributed by atoms with E-state index in [1.807, 2.05) is 47.8 Å². The van der Waals surface area contributed by atoms with E-state index < -0.39 is 0 Å². The van der Waals surface area contributed by atoms with E-state index in [2.05, 4.69) is 49.5 Å². The lowest BCUT2D eigenvalue weighted by atomic mass is 10.4. The van der Waals surface area contributed by atoms with Gasteiger partial charge in [-0.3, -0.25) is 0 Å². The SMILES string of the molecule is Sc1ccccc1SCCCSc1ccccc1S. The van der Waals surface area contributed by atoms with Gasteiger partial charge in [-0.05, 0) is 42.2 Å². The number of hydrogen-bond donors (Lipinski definition) is 2. The largest absolute Gasteiger partial charge is 0.142 e. The van der Waals surface area contributed by atoms with Crippen LogP contribution in [0.5, 0.6) is 0 Å². The van der Waals surface area contributed by atoms with Crippen LogP contribution < -0.4 is 0 Å². The van der Waals surface area contributed by atoms with Crippen LogP contribution in [0.3, 0.4) is 0 Å². The fourth-order valence-electron chi connectivity index (χ4n) is 1.58. The summed E-state index contributed by atoms with van der Waals surface area (Å²) in [6.07, 6.45) is 1.18. The molecule has 19 heavy (non-hydrogen) atoms. The summed E-state index contributed by atoms with van der Waals surface area (Å²) in [5.74, 6) is 2.25. The fraction of sp³-hybridized carbons (Fsp3) is 0.200. The Bertz CT molecular complexity index is 478. The van der Waals surface area contributed by atoms with Crippen LogP contribution in [-0.2, 0) is 0 Å². The van der Waals surface area contributed by atoms with Crippen LogP contribution in [0, 0.1) is 0 Å². The molecule has 2 rings (SSSR count). The van der Waals surface area contributed by atoms with Crippen molar-refractivity contribution in [3.63, 3.8) is 0 Å². The molecule has 0 N–H and O–H groups in total. The van der Waals surface area contributed by atoms with Gasteiger partial charge in [0, 0.05) is 19.6 Å². The Morgan fingerprint density at radius 1 is 0.684 bits per heavy atom. The standard InChI is InChI=1S/C15H16S4/c16-12-6-1-3-8-14(12)18-10-5-11-19-15-9-4-2-7-13(15)17/h1-4,6-9,16-17H,5,10-11H2. The summed E-state index contributed by atoms with van der Waals surface area (Å²) < 4.78 is 0. The Hall–Kier alpha value is -0.160. The van der Waals surface area contributed by atoms with E-state index in [4.69, 9.17) is 0 Å². The van der Waals surface area contributed by atoms with Gasteiger partial charge in [-0.25, -0.2) is 0 Å². The molecule has 0 heterocycles. The summed E-state index contributed by atoms with van der Waals surface area (Å²) in [6, 6.07) is 16.5. The molecule has 4 heteroatoms. The lowest BCUT2D eigenvalue weighted by Gasteiger charge is -2.06. The minimum absolute atomic E-state index is 1.07. The van der Waals surface area contributed by atoms with Crippen molar-refractivity contribution in [3.8, 4) is 0 Å². The molecule has 0 amide bonds. The molecule has 0 aliphatic heterocycles. The van der Waals surface area contributed by atoms with Crippen LogP contribution >= 0.6 is 48.8 Å². The van der Waals surface area contributed by atoms with Gasteiger partial charge in [0.2, 0.25) is 0 Å². The van der Waals surface area contributed by atoms with E-state index in [9.17, 15) is 0 Å². The molecule has 2 aromatic carbocycles. The second kappa shape index (κ2) is 8.20. The summed E-state index contributed by atoms with van der Waals surface area (Å²) in [7, 11) is 0. The monoisotopic (exact) mass is 324 g/mol. The highest BCUT2D eigenvalue weighted by molar-refractivity contribution is 8.00. The summed E-state index contributed by atoms with van der Waals surface area (Å²) in [6.45, 7) is 0. The van der Waals surface area contributed by atoms with Crippen molar-refractivity contribution in [2.75, 3.05) is 11.5 Å². The van der Waals surface area contributed by atoms with E-state index in [0.29, 0.717) is 0 Å². The molecule has 100 valence electrons. The molecule has 0 saturated carbocycles. The van der Waals surface area contributed by atoms with E-state index in [1.165, 1.54) is 16.2 Å². The molecule has 0 aliphatic rings. The second-order valence-electron chi connectivity index (χ2n) is 3.99. The maximum atomic E-state index is 4.46. The van der Waals surface area contributed by atoms with Gasteiger partial charge in [0.15, 0.2) is 0 Å². The number of hydrogen-bond acceptors (Lipinski definition) is 4. The molecule has 0 aliphatic carbocycles. The molecule has 2 aromatic rings. The first-order valence-corrected chi connectivity index (χ1v) is 8.95. The van der Waals surface area contributed by atoms with Gasteiger partial charge < -0.3 is 0 Å². The topological polar surface area (TPSA) is 0 Å². The van der Waals surface area contributed by atoms with Gasteiger partial charge in [-0.2, -0.15) is 0 Å². The highest BCUT2D eigenvalue weighted by Crippen LogP contribution is 2.28. The van der Waals surface area contributed by atoms with Gasteiger partial charge in [-0.1, -0.05) is 24.3 Å². The number of thioether (sulfide) groups is 2. The van der Waals surface area contributed by atoms with E-state index in [0.717, 1.165) is 21.3 Å². The van der Waals surface area contributed by atoms with E-state index in [-0.39, 0.29) is 0 Å². The third-order valence-electron chi connectivity index (χ3n) is 2.53. The van der Waals surface area contributed by atoms with E-state index >= 15 is 0 Å². The molecule has 0 spiro atoms. The van der Waals surface area contributed by atoms with Crippen LogP contribution in [0.15, 0.2) is 68.1 Å². The summed E-state index contributed by atoms with van der Waals surface area (Å²) in [5, 5.41) is 0. The zero-order valence-electron chi connectivity index (χ0n) is 10.5. The Morgan fingerprint density at radius 2 is 1.11 bits per heavy atom. The molecular formula is C15H16S4. The quantitative estimate of drug-likeness (QED) is 0.407. The maximum Gasteiger partial charge on any atom is 0.0205 e. The van der Waals surface area contributed by atoms with Gasteiger partial charge >= 0.3 is 0 Å². The van der Waals surface area contributed by atoms with Crippen molar-refractivity contribution in [2.45, 2.75) is 26.0 Å². The van der Waals surface area contributed by atoms with Crippen molar-refractivity contribution in [2.24, 2.45) is 0 Å². The Kier molecular flexibility index (Phi) is 6.57. The zero-order chi connectivity index (χ0) is 13.5. The molecule has 0 aromatic heterocycles. The normalized spacial score (nSPS) is 10.6. The summed E-state index contributed by atoms with van der Waals surface area (Å²) in [4.78, 5) is 4.68. The van der Waals surface area contributed by atoms with Gasteiger partial charge in [-0.15, -0.1) is 48.8 Å². The first-order valence-electron chi connectivity index (χ1n) is 6.09. The first kappa shape index (κ1) is 15.2. The zero-order valence-corrected chi connectivity index (χ0v) is 13.9. The molecule has 0 nitrogen and oxygen atoms in total. The molecule has 0 radical (unpaired) electrons. The van der Waals surface area contributed by atoms with Gasteiger partial charge in [0.05, 0.1) is 0 Å². The summed E-state index contributed by atoms with van der Waals surface area (Å²) in [5.41, 5.74) is 0. The lowest BCUT2D eigenvalue weighted by molar-refractivity contribution is 1.11. The number of rotatable bonds is 6. The van der Waals surface area contributed by atoms with Crippen LogP contribution in [0.1, 0.15) is 6.42 Å². The molecule has 0 bridgehead atoms. The maximum absolute atomic E-state index is 4.46. The first-order chi connectivity index (χ1) is 9.27. The van der Waals surface area contributed by atoms with Crippen LogP contribution in [0.25, 0.3) is 0 Å². The van der Waals surface area contributed by atoms with Crippen LogP contribution in [-0.4, -0.2) is 11.5 Å². The predicted molar refractivity (Wildman–Crippen MR) is 93.5 cm³/mol. The Balaban J connectivity index is 1.71. The number of thiol groups is 2. The Labute approximate surface area is 134 Å². The van der Waals surface area contributed by atoms with Crippen molar-refractivity contribution >= 4 is 48.8 Å². The minimum atomic E-state index is 1.07. The van der Waals surface area contributed by atoms with Crippen molar-refractivity contribution in [3.05, 3.63) is 48.5 Å². The number of benzene rings is 2. The molecule has 0 saturated heterocycles. The lowest BCUT2D eigenvalue weighted by Crippen LogP contribution is -1.85. The van der Waals surface area contributed by atoms with E-state index in [1.54, 1.807) is 0 Å². The highest BCUT2D eigenvalue weighted by Gasteiger charge is 2.00. The molecule has 0 fully saturated rings. The third kappa shape index (κ3) is 5.03. The van der Waals surface area contributed by atoms with Crippen LogP contribution in [0.4, 0.5) is 0 Å². The Morgan fingerprint density at radius 3 is 1.53 bits per heavy atom. The molecular weight excluding hydrogens is 308 g/mol.